The highest BCUT2D eigenvalue weighted by Gasteiger charge is 2.33. The normalized spacial score (nSPS) is 28.9. The summed E-state index contributed by atoms with van der Waals surface area (Å²) in [4.78, 5) is 0. The van der Waals surface area contributed by atoms with Gasteiger partial charge >= 0.3 is 6.36 Å². The number of benzene rings is 1. The Morgan fingerprint density at radius 1 is 0.929 bits per heavy atom. The Hall–Kier alpha value is -1.27. The molecule has 158 valence electrons. The summed E-state index contributed by atoms with van der Waals surface area (Å²) in [6.07, 6.45) is 5.29. The molecular formula is C22H31F3O3. The van der Waals surface area contributed by atoms with Crippen molar-refractivity contribution in [1.29, 1.82) is 0 Å². The van der Waals surface area contributed by atoms with E-state index in [9.17, 15) is 13.2 Å². The van der Waals surface area contributed by atoms with Crippen molar-refractivity contribution in [2.24, 2.45) is 17.8 Å². The van der Waals surface area contributed by atoms with Gasteiger partial charge in [0.05, 0.1) is 13.2 Å². The van der Waals surface area contributed by atoms with Crippen LogP contribution in [0.3, 0.4) is 0 Å². The Bertz CT molecular complexity index is 572. The monoisotopic (exact) mass is 400 g/mol. The van der Waals surface area contributed by atoms with E-state index in [1.807, 2.05) is 0 Å². The minimum absolute atomic E-state index is 0.236. The Labute approximate surface area is 165 Å². The molecule has 0 spiro atoms. The minimum Gasteiger partial charge on any atom is -0.406 e. The highest BCUT2D eigenvalue weighted by molar-refractivity contribution is 5.28. The van der Waals surface area contributed by atoms with Crippen molar-refractivity contribution in [1.82, 2.24) is 0 Å². The third-order valence-electron chi connectivity index (χ3n) is 6.08. The van der Waals surface area contributed by atoms with Crippen molar-refractivity contribution >= 4 is 0 Å². The number of hydrogen-bond donors (Lipinski definition) is 0. The average molecular weight is 400 g/mol. The molecule has 1 aliphatic carbocycles. The first-order chi connectivity index (χ1) is 13.4. The Balaban J connectivity index is 1.41. The van der Waals surface area contributed by atoms with Crippen LogP contribution in [-0.2, 0) is 9.47 Å². The molecule has 1 aromatic carbocycles. The summed E-state index contributed by atoms with van der Waals surface area (Å²) in [5, 5.41) is 0. The van der Waals surface area contributed by atoms with Gasteiger partial charge in [0.2, 0.25) is 0 Å². The van der Waals surface area contributed by atoms with E-state index in [4.69, 9.17) is 9.47 Å². The van der Waals surface area contributed by atoms with Crippen LogP contribution in [-0.4, -0.2) is 19.6 Å². The molecule has 1 heterocycles. The summed E-state index contributed by atoms with van der Waals surface area (Å²) < 4.78 is 52.4. The lowest BCUT2D eigenvalue weighted by Gasteiger charge is -2.38. The second kappa shape index (κ2) is 9.97. The topological polar surface area (TPSA) is 27.7 Å². The lowest BCUT2D eigenvalue weighted by Crippen LogP contribution is -2.34. The van der Waals surface area contributed by atoms with Gasteiger partial charge in [0.1, 0.15) is 5.75 Å². The van der Waals surface area contributed by atoms with E-state index < -0.39 is 12.7 Å². The molecule has 1 saturated carbocycles. The summed E-state index contributed by atoms with van der Waals surface area (Å²) in [6.45, 7) is 3.55. The number of unbranched alkanes of at least 4 members (excludes halogenated alkanes) is 2. The summed E-state index contributed by atoms with van der Waals surface area (Å²) in [6, 6.07) is 5.71. The molecule has 0 unspecified atom stereocenters. The fourth-order valence-corrected chi connectivity index (χ4v) is 4.44. The molecule has 28 heavy (non-hydrogen) atoms. The van der Waals surface area contributed by atoms with Crippen molar-refractivity contribution in [2.75, 3.05) is 13.2 Å². The van der Waals surface area contributed by atoms with Crippen LogP contribution in [0.4, 0.5) is 13.2 Å². The molecule has 0 N–H and O–H groups in total. The maximum absolute atomic E-state index is 12.2. The van der Waals surface area contributed by atoms with Gasteiger partial charge in [-0.3, -0.25) is 0 Å². The molecule has 0 aromatic heterocycles. The molecule has 0 amide bonds. The molecule has 1 aliphatic heterocycles. The van der Waals surface area contributed by atoms with E-state index in [0.717, 1.165) is 5.92 Å². The highest BCUT2D eigenvalue weighted by Crippen LogP contribution is 2.39. The fourth-order valence-electron chi connectivity index (χ4n) is 4.44. The molecule has 3 nitrogen and oxygen atoms in total. The third kappa shape index (κ3) is 6.38. The molecule has 2 fully saturated rings. The standard InChI is InChI=1S/C22H31F3O3/c1-2-3-4-5-16-6-8-17(9-7-16)19-14-26-21(27-15-19)18-10-12-20(13-11-18)28-22(23,24)25/h10-13,16-17,19,21H,2-9,14-15H2,1H3. The van der Waals surface area contributed by atoms with Gasteiger partial charge in [0, 0.05) is 11.5 Å². The van der Waals surface area contributed by atoms with Gasteiger partial charge in [-0.2, -0.15) is 0 Å². The van der Waals surface area contributed by atoms with Crippen molar-refractivity contribution in [3.63, 3.8) is 0 Å². The van der Waals surface area contributed by atoms with Crippen LogP contribution in [0.5, 0.6) is 5.75 Å². The van der Waals surface area contributed by atoms with E-state index in [2.05, 4.69) is 11.7 Å². The third-order valence-corrected chi connectivity index (χ3v) is 6.08. The molecule has 1 aromatic rings. The molecule has 6 heteroatoms. The number of rotatable bonds is 7. The molecule has 3 rings (SSSR count). The van der Waals surface area contributed by atoms with Crippen molar-refractivity contribution in [2.45, 2.75) is 70.9 Å². The smallest absolute Gasteiger partial charge is 0.406 e. The first-order valence-corrected chi connectivity index (χ1v) is 10.5. The summed E-state index contributed by atoms with van der Waals surface area (Å²) in [5.41, 5.74) is 0.715. The van der Waals surface area contributed by atoms with Gasteiger partial charge in [-0.15, -0.1) is 13.2 Å². The van der Waals surface area contributed by atoms with E-state index in [-0.39, 0.29) is 5.75 Å². The number of ether oxygens (including phenoxy) is 3. The van der Waals surface area contributed by atoms with Crippen LogP contribution in [0.2, 0.25) is 0 Å². The van der Waals surface area contributed by atoms with Crippen LogP contribution in [0.1, 0.15) is 70.1 Å². The van der Waals surface area contributed by atoms with Gasteiger partial charge in [-0.25, -0.2) is 0 Å². The predicted molar refractivity (Wildman–Crippen MR) is 101 cm³/mol. The van der Waals surface area contributed by atoms with E-state index in [0.29, 0.717) is 30.6 Å². The molecule has 2 aliphatic rings. The van der Waals surface area contributed by atoms with Crippen LogP contribution < -0.4 is 4.74 Å². The zero-order chi connectivity index (χ0) is 20.0. The minimum atomic E-state index is -4.68. The molecule has 0 radical (unpaired) electrons. The molecule has 1 saturated heterocycles. The van der Waals surface area contributed by atoms with Gasteiger partial charge < -0.3 is 14.2 Å². The average Bonchev–Trinajstić information content (AvgIpc) is 2.68. The lowest BCUT2D eigenvalue weighted by molar-refractivity contribution is -0.274. The summed E-state index contributed by atoms with van der Waals surface area (Å²) >= 11 is 0. The largest absolute Gasteiger partial charge is 0.573 e. The van der Waals surface area contributed by atoms with Crippen molar-refractivity contribution < 1.29 is 27.4 Å². The Morgan fingerprint density at radius 2 is 1.57 bits per heavy atom. The van der Waals surface area contributed by atoms with Crippen molar-refractivity contribution in [3.05, 3.63) is 29.8 Å². The van der Waals surface area contributed by atoms with E-state index in [1.54, 1.807) is 12.1 Å². The number of alkyl halides is 3. The van der Waals surface area contributed by atoms with Gasteiger partial charge in [-0.1, -0.05) is 57.6 Å². The molecule has 0 atom stereocenters. The van der Waals surface area contributed by atoms with Crippen LogP contribution >= 0.6 is 0 Å². The van der Waals surface area contributed by atoms with Gasteiger partial charge in [0.25, 0.3) is 0 Å². The maximum atomic E-state index is 12.2. The molecule has 0 bridgehead atoms. The van der Waals surface area contributed by atoms with E-state index in [1.165, 1.54) is 63.5 Å². The SMILES string of the molecule is CCCCCC1CCC(C2COC(c3ccc(OC(F)(F)F)cc3)OC2)CC1. The zero-order valence-electron chi connectivity index (χ0n) is 16.5. The Morgan fingerprint density at radius 3 is 2.14 bits per heavy atom. The second-order valence-electron chi connectivity index (χ2n) is 8.15. The predicted octanol–water partition coefficient (Wildman–Crippen LogP) is 6.63. The van der Waals surface area contributed by atoms with E-state index >= 15 is 0 Å². The van der Waals surface area contributed by atoms with Gasteiger partial charge in [-0.05, 0) is 36.8 Å². The van der Waals surface area contributed by atoms with Crippen molar-refractivity contribution in [3.8, 4) is 5.75 Å². The quantitative estimate of drug-likeness (QED) is 0.481. The second-order valence-corrected chi connectivity index (χ2v) is 8.15. The van der Waals surface area contributed by atoms with Crippen LogP contribution in [0.25, 0.3) is 0 Å². The van der Waals surface area contributed by atoms with Crippen LogP contribution in [0.15, 0.2) is 24.3 Å². The summed E-state index contributed by atoms with van der Waals surface area (Å²) in [7, 11) is 0. The first-order valence-electron chi connectivity index (χ1n) is 10.5. The molecular weight excluding hydrogens is 369 g/mol. The van der Waals surface area contributed by atoms with Gasteiger partial charge in [0.15, 0.2) is 6.29 Å². The number of hydrogen-bond acceptors (Lipinski definition) is 3. The maximum Gasteiger partial charge on any atom is 0.573 e. The Kier molecular flexibility index (Phi) is 7.63. The fraction of sp³-hybridized carbons (Fsp3) is 0.727. The lowest BCUT2D eigenvalue weighted by atomic mass is 9.74. The van der Waals surface area contributed by atoms with Crippen LogP contribution in [0, 0.1) is 17.8 Å². The first kappa shape index (κ1) is 21.4. The highest BCUT2D eigenvalue weighted by atomic mass is 19.4. The number of halogens is 3. The zero-order valence-corrected chi connectivity index (χ0v) is 16.5. The summed E-state index contributed by atoms with van der Waals surface area (Å²) in [5.74, 6) is 1.73.